The van der Waals surface area contributed by atoms with Crippen LogP contribution in [0.25, 0.3) is 38.8 Å². The van der Waals surface area contributed by atoms with Crippen LogP contribution in [-0.4, -0.2) is 25.8 Å². The third-order valence-corrected chi connectivity index (χ3v) is 5.28. The van der Waals surface area contributed by atoms with Gasteiger partial charge in [0.1, 0.15) is 28.5 Å². The minimum absolute atomic E-state index is 0.0451. The van der Waals surface area contributed by atoms with Gasteiger partial charge in [0.2, 0.25) is 6.29 Å². The van der Waals surface area contributed by atoms with Crippen molar-refractivity contribution in [2.45, 2.75) is 6.92 Å². The summed E-state index contributed by atoms with van der Waals surface area (Å²) in [5, 5.41) is -0.0451. The van der Waals surface area contributed by atoms with Crippen molar-refractivity contribution in [3.05, 3.63) is 77.6 Å². The molecule has 6 nitrogen and oxygen atoms in total. The molecule has 0 saturated heterocycles. The third-order valence-electron chi connectivity index (χ3n) is 5.28. The minimum Gasteiger partial charge on any atom is -0.381 e. The van der Waals surface area contributed by atoms with Gasteiger partial charge in [-0.3, -0.25) is 14.3 Å². The van der Waals surface area contributed by atoms with Crippen molar-refractivity contribution >= 4 is 34.0 Å². The zero-order chi connectivity index (χ0) is 22.6. The monoisotopic (exact) mass is 432 g/mol. The van der Waals surface area contributed by atoms with Crippen molar-refractivity contribution in [1.29, 1.82) is 0 Å². The van der Waals surface area contributed by atoms with Crippen LogP contribution in [0.15, 0.2) is 48.8 Å². The Bertz CT molecular complexity index is 1560. The van der Waals surface area contributed by atoms with Crippen molar-refractivity contribution in [2.75, 3.05) is 5.73 Å². The lowest BCUT2D eigenvalue weighted by molar-refractivity contribution is 0.563. The number of aromatic nitrogens is 4. The molecule has 0 atom stereocenters. The van der Waals surface area contributed by atoms with Crippen LogP contribution in [0.5, 0.6) is 0 Å². The van der Waals surface area contributed by atoms with E-state index in [4.69, 9.17) is 5.73 Å². The number of imidazole rings is 1. The van der Waals surface area contributed by atoms with Crippen molar-refractivity contribution in [3.63, 3.8) is 0 Å². The van der Waals surface area contributed by atoms with Crippen LogP contribution in [0.3, 0.4) is 0 Å². The maximum atomic E-state index is 14.8. The normalized spacial score (nSPS) is 11.4. The SMILES string of the molecule is Cc1nc2c([C]=O)cc(-c3ccnc(N)c3F)cc2n1-c1ccnc2c(F)ccc(F)c12. The fraction of sp³-hybridized carbons (Fsp3) is 0.0435. The van der Waals surface area contributed by atoms with Gasteiger partial charge in [0.05, 0.1) is 22.2 Å². The number of nitrogens with two attached hydrogens (primary N) is 1. The number of carbonyl (C=O) groups excluding carboxylic acids is 1. The Morgan fingerprint density at radius 2 is 1.72 bits per heavy atom. The van der Waals surface area contributed by atoms with Gasteiger partial charge in [-0.05, 0) is 48.9 Å². The molecule has 0 bridgehead atoms. The summed E-state index contributed by atoms with van der Waals surface area (Å²) < 4.78 is 45.3. The van der Waals surface area contributed by atoms with Crippen LogP contribution in [0.4, 0.5) is 19.0 Å². The van der Waals surface area contributed by atoms with Crippen molar-refractivity contribution in [2.24, 2.45) is 0 Å². The molecule has 0 spiro atoms. The van der Waals surface area contributed by atoms with Crippen molar-refractivity contribution in [3.8, 4) is 16.8 Å². The summed E-state index contributed by atoms with van der Waals surface area (Å²) in [5.41, 5.74) is 6.92. The number of rotatable bonds is 3. The van der Waals surface area contributed by atoms with Gasteiger partial charge in [-0.15, -0.1) is 0 Å². The zero-order valence-electron chi connectivity index (χ0n) is 16.5. The molecule has 157 valence electrons. The quantitative estimate of drug-likeness (QED) is 0.457. The molecule has 2 N–H and O–H groups in total. The number of nitrogen functional groups attached to an aromatic ring is 1. The van der Waals surface area contributed by atoms with E-state index in [0.29, 0.717) is 16.9 Å². The number of anilines is 1. The van der Waals surface area contributed by atoms with E-state index in [0.717, 1.165) is 12.1 Å². The molecule has 9 heteroatoms. The standard InChI is InChI=1S/C23H13F3N5O/c1-11-30-21-13(10-32)8-12(14-4-6-29-23(27)20(14)26)9-18(21)31(11)17-5-7-28-22-16(25)3-2-15(24)19(17)22/h2-9H,1H3,(H2,27,29). The van der Waals surface area contributed by atoms with E-state index < -0.39 is 17.5 Å². The molecule has 1 radical (unpaired) electrons. The molecule has 0 saturated carbocycles. The average molecular weight is 432 g/mol. The number of pyridine rings is 2. The topological polar surface area (TPSA) is 86.7 Å². The van der Waals surface area contributed by atoms with Gasteiger partial charge in [-0.25, -0.2) is 23.1 Å². The van der Waals surface area contributed by atoms with Gasteiger partial charge in [-0.1, -0.05) is 0 Å². The van der Waals surface area contributed by atoms with Crippen LogP contribution >= 0.6 is 0 Å². The lowest BCUT2D eigenvalue weighted by Gasteiger charge is -2.12. The van der Waals surface area contributed by atoms with Crippen LogP contribution in [0.2, 0.25) is 0 Å². The van der Waals surface area contributed by atoms with Gasteiger partial charge < -0.3 is 5.73 Å². The lowest BCUT2D eigenvalue weighted by atomic mass is 10.0. The first-order valence-corrected chi connectivity index (χ1v) is 9.45. The molecule has 5 aromatic rings. The smallest absolute Gasteiger partial charge is 0.235 e. The van der Waals surface area contributed by atoms with Crippen LogP contribution in [0, 0.1) is 24.4 Å². The van der Waals surface area contributed by atoms with Crippen LogP contribution in [-0.2, 0) is 4.79 Å². The molecule has 3 aromatic heterocycles. The van der Waals surface area contributed by atoms with Gasteiger partial charge in [0, 0.05) is 18.0 Å². The predicted molar refractivity (Wildman–Crippen MR) is 113 cm³/mol. The number of benzene rings is 2. The maximum Gasteiger partial charge on any atom is 0.235 e. The Hall–Kier alpha value is -4.27. The van der Waals surface area contributed by atoms with E-state index >= 15 is 0 Å². The summed E-state index contributed by atoms with van der Waals surface area (Å²) in [4.78, 5) is 23.8. The van der Waals surface area contributed by atoms with E-state index in [-0.39, 0.29) is 39.1 Å². The molecule has 3 heterocycles. The highest BCUT2D eigenvalue weighted by Gasteiger charge is 2.20. The summed E-state index contributed by atoms with van der Waals surface area (Å²) in [6.45, 7) is 1.66. The predicted octanol–water partition coefficient (Wildman–Crippen LogP) is 4.40. The summed E-state index contributed by atoms with van der Waals surface area (Å²) in [6.07, 6.45) is 4.52. The average Bonchev–Trinajstić information content (AvgIpc) is 3.12. The van der Waals surface area contributed by atoms with Gasteiger partial charge in [0.15, 0.2) is 11.6 Å². The van der Waals surface area contributed by atoms with E-state index in [2.05, 4.69) is 15.0 Å². The van der Waals surface area contributed by atoms with Gasteiger partial charge >= 0.3 is 0 Å². The number of aryl methyl sites for hydroxylation is 1. The molecule has 5 rings (SSSR count). The number of hydrogen-bond acceptors (Lipinski definition) is 5. The highest BCUT2D eigenvalue weighted by atomic mass is 19.1. The highest BCUT2D eigenvalue weighted by Crippen LogP contribution is 2.34. The number of fused-ring (bicyclic) bond motifs is 2. The summed E-state index contributed by atoms with van der Waals surface area (Å²) in [7, 11) is 0. The maximum absolute atomic E-state index is 14.8. The Kier molecular flexibility index (Phi) is 4.40. The molecule has 0 aliphatic rings. The van der Waals surface area contributed by atoms with Crippen molar-refractivity contribution in [1.82, 2.24) is 19.5 Å². The van der Waals surface area contributed by atoms with E-state index in [9.17, 15) is 18.0 Å². The lowest BCUT2D eigenvalue weighted by Crippen LogP contribution is -2.02. The highest BCUT2D eigenvalue weighted by molar-refractivity contribution is 6.00. The summed E-state index contributed by atoms with van der Waals surface area (Å²) >= 11 is 0. The second-order valence-corrected chi connectivity index (χ2v) is 7.13. The molecule has 2 aromatic carbocycles. The summed E-state index contributed by atoms with van der Waals surface area (Å²) in [6, 6.07) is 7.99. The number of nitrogens with zero attached hydrogens (tertiary/aromatic N) is 4. The Balaban J connectivity index is 1.90. The molecular weight excluding hydrogens is 419 g/mol. The fourth-order valence-corrected chi connectivity index (χ4v) is 3.88. The van der Waals surface area contributed by atoms with Crippen molar-refractivity contribution < 1.29 is 18.0 Å². The zero-order valence-corrected chi connectivity index (χ0v) is 16.5. The molecule has 0 amide bonds. The Morgan fingerprint density at radius 1 is 0.969 bits per heavy atom. The first-order valence-electron chi connectivity index (χ1n) is 9.45. The second-order valence-electron chi connectivity index (χ2n) is 7.13. The molecule has 0 aliphatic heterocycles. The van der Waals surface area contributed by atoms with E-state index in [1.807, 2.05) is 6.29 Å². The first-order chi connectivity index (χ1) is 15.4. The van der Waals surface area contributed by atoms with E-state index in [1.54, 1.807) is 17.6 Å². The molecular formula is C23H13F3N5O. The van der Waals surface area contributed by atoms with Crippen LogP contribution < -0.4 is 5.73 Å². The molecule has 32 heavy (non-hydrogen) atoms. The minimum atomic E-state index is -0.742. The molecule has 0 aliphatic carbocycles. The Morgan fingerprint density at radius 3 is 2.50 bits per heavy atom. The summed E-state index contributed by atoms with van der Waals surface area (Å²) in [5.74, 6) is -1.98. The van der Waals surface area contributed by atoms with Crippen LogP contribution in [0.1, 0.15) is 11.4 Å². The number of halogens is 3. The second kappa shape index (κ2) is 7.16. The fourth-order valence-electron chi connectivity index (χ4n) is 3.88. The molecule has 0 unspecified atom stereocenters. The third kappa shape index (κ3) is 2.82. The molecule has 0 fully saturated rings. The number of hydrogen-bond donors (Lipinski definition) is 1. The van der Waals surface area contributed by atoms with Gasteiger partial charge in [0.25, 0.3) is 0 Å². The first kappa shape index (κ1) is 19.7. The largest absolute Gasteiger partial charge is 0.381 e. The Labute approximate surface area is 179 Å². The van der Waals surface area contributed by atoms with Gasteiger partial charge in [-0.2, -0.15) is 0 Å². The van der Waals surface area contributed by atoms with E-state index in [1.165, 1.54) is 30.6 Å².